The van der Waals surface area contributed by atoms with Crippen LogP contribution < -0.4 is 4.74 Å². The topological polar surface area (TPSA) is 208 Å². The monoisotopic (exact) mass is 1050 g/mol. The molecular weight excluding hydrogens is 979 g/mol. The van der Waals surface area contributed by atoms with Crippen LogP contribution in [0.2, 0.25) is 0 Å². The quantitative estimate of drug-likeness (QED) is 0.0230. The van der Waals surface area contributed by atoms with E-state index >= 15 is 0 Å². The summed E-state index contributed by atoms with van der Waals surface area (Å²) < 4.78 is 6.76. The van der Waals surface area contributed by atoms with E-state index in [-0.39, 0.29) is 53.5 Å². The van der Waals surface area contributed by atoms with Crippen LogP contribution in [0.1, 0.15) is 143 Å². The summed E-state index contributed by atoms with van der Waals surface area (Å²) in [4.78, 5) is 59.9. The van der Waals surface area contributed by atoms with Gasteiger partial charge in [-0.25, -0.2) is 0 Å². The maximum atomic E-state index is 13.6. The number of ketones is 3. The van der Waals surface area contributed by atoms with Crippen molar-refractivity contribution >= 4 is 44.7 Å². The van der Waals surface area contributed by atoms with Gasteiger partial charge >= 0.3 is 5.97 Å². The summed E-state index contributed by atoms with van der Waals surface area (Å²) in [5, 5.41) is 49.2. The molecule has 3 aromatic carbocycles. The number of pyridine rings is 2. The van der Waals surface area contributed by atoms with E-state index in [0.29, 0.717) is 29.7 Å². The van der Waals surface area contributed by atoms with Gasteiger partial charge in [0.1, 0.15) is 29.6 Å². The third kappa shape index (κ3) is 17.2. The number of rotatable bonds is 23. The van der Waals surface area contributed by atoms with Crippen LogP contribution in [-0.2, 0) is 15.0 Å². The average molecular weight is 1050 g/mol. The van der Waals surface area contributed by atoms with Crippen molar-refractivity contribution in [3.8, 4) is 27.7 Å². The van der Waals surface area contributed by atoms with E-state index in [0.717, 1.165) is 103 Å². The molecule has 14 heteroatoms. The molecule has 8 rings (SSSR count). The van der Waals surface area contributed by atoms with Crippen molar-refractivity contribution < 1.29 is 49.4 Å². The lowest BCUT2D eigenvalue weighted by molar-refractivity contribution is -0.137. The number of hydrogen-bond donors (Lipinski definition) is 5. The molecule has 6 aromatic rings. The molecule has 1 aliphatic carbocycles. The Labute approximate surface area is 451 Å². The number of aliphatic hydroxyl groups is 2. The van der Waals surface area contributed by atoms with Crippen LogP contribution in [0.4, 0.5) is 0 Å². The number of ether oxygens (including phenoxy) is 1. The average Bonchev–Trinajstić information content (AvgIpc) is 3.94. The summed E-state index contributed by atoms with van der Waals surface area (Å²) in [7, 11) is 0. The number of aromatic hydroxyl groups is 2. The number of piperidine rings is 1. The second-order valence-corrected chi connectivity index (χ2v) is 21.3. The Morgan fingerprint density at radius 1 is 0.829 bits per heavy atom. The minimum absolute atomic E-state index is 0.0543. The largest absolute Gasteiger partial charge is 0.508 e. The third-order valence-corrected chi connectivity index (χ3v) is 15.4. The molecule has 2 fully saturated rings. The molecule has 13 nitrogen and oxygen atoms in total. The van der Waals surface area contributed by atoms with Gasteiger partial charge in [-0.05, 0) is 155 Å². The molecule has 2 aliphatic rings. The highest BCUT2D eigenvalue weighted by Gasteiger charge is 2.39. The second kappa shape index (κ2) is 29.6. The first kappa shape index (κ1) is 58.7. The summed E-state index contributed by atoms with van der Waals surface area (Å²) >= 11 is 1.46. The number of benzene rings is 3. The van der Waals surface area contributed by atoms with E-state index < -0.39 is 23.6 Å². The Bertz CT molecular complexity index is 2790. The summed E-state index contributed by atoms with van der Waals surface area (Å²) in [6.07, 6.45) is 21.3. The lowest BCUT2D eigenvalue weighted by Crippen LogP contribution is -2.33. The number of carboxylic acid groups (broad SMARTS) is 1. The normalized spacial score (nSPS) is 17.1. The first-order chi connectivity index (χ1) is 36.7. The zero-order valence-corrected chi connectivity index (χ0v) is 45.0. The van der Waals surface area contributed by atoms with E-state index in [1.807, 2.05) is 56.3 Å². The number of aliphatic hydroxyl groups excluding tert-OH is 2. The summed E-state index contributed by atoms with van der Waals surface area (Å²) in [5.74, 6) is 0.0269. The van der Waals surface area contributed by atoms with Crippen LogP contribution >= 0.6 is 11.3 Å². The van der Waals surface area contributed by atoms with E-state index in [1.165, 1.54) is 30.6 Å². The lowest BCUT2D eigenvalue weighted by atomic mass is 9.79. The third-order valence-electron chi connectivity index (χ3n) is 14.2. The summed E-state index contributed by atoms with van der Waals surface area (Å²) in [6, 6.07) is 26.5. The Morgan fingerprint density at radius 3 is 2.20 bits per heavy atom. The Balaban J connectivity index is 0.000000197. The second-order valence-electron chi connectivity index (χ2n) is 20.3. The number of carbonyl (C=O) groups is 4. The van der Waals surface area contributed by atoms with E-state index in [9.17, 15) is 39.6 Å². The number of carboxylic acids is 1. The van der Waals surface area contributed by atoms with E-state index in [1.54, 1.807) is 85.5 Å². The molecule has 404 valence electrons. The van der Waals surface area contributed by atoms with Crippen molar-refractivity contribution in [2.24, 2.45) is 11.8 Å². The number of likely N-dealkylation sites (tertiary alicyclic amines) is 1. The van der Waals surface area contributed by atoms with Crippen molar-refractivity contribution in [2.75, 3.05) is 26.2 Å². The Hall–Kier alpha value is -6.58. The van der Waals surface area contributed by atoms with Crippen molar-refractivity contribution in [2.45, 2.75) is 128 Å². The zero-order chi connectivity index (χ0) is 54.5. The molecule has 0 unspecified atom stereocenters. The van der Waals surface area contributed by atoms with Crippen molar-refractivity contribution in [3.63, 3.8) is 0 Å². The minimum atomic E-state index is -0.767. The number of nitrogens with zero attached hydrogens (tertiary/aromatic N) is 3. The van der Waals surface area contributed by atoms with Crippen LogP contribution in [0.5, 0.6) is 17.2 Å². The molecule has 0 radical (unpaired) electrons. The molecule has 76 heavy (non-hydrogen) atoms. The standard InChI is InChI=1S/C28H27NO4S.C20H34O5.C14H14N2O/c30-21-8-4-20(5-9-21)28-26(24-13-10-22(31)18-25(24)34-28)27(32)19-6-11-23(12-7-19)33-17-16-29-14-2-1-3-15-29;1-2-3-6-9-15(21)12-13-17-16(18(22)14-19(17)23)10-7-4-5-8-11-20(24)25;1-14(2,12-6-4-8-16-10-12)13(17)11-5-3-7-15-9-11/h4-13,18,30-31H,1-3,14-17H2;12-13,15-17,19,21,23H,2-11,14H2,1H3,(H,24,25);3-10H,1-2H3/b;13-12+;/t;15-,16+,17+,19+;/m.0./s1. The number of aliphatic carboxylic acids is 1. The van der Waals surface area contributed by atoms with Crippen LogP contribution in [0.25, 0.3) is 20.5 Å². The lowest BCUT2D eigenvalue weighted by Gasteiger charge is -2.26. The van der Waals surface area contributed by atoms with Gasteiger partial charge in [0, 0.05) is 87.7 Å². The molecular formula is C62H75N3O10S. The fourth-order valence-corrected chi connectivity index (χ4v) is 11.0. The van der Waals surface area contributed by atoms with Gasteiger partial charge in [0.25, 0.3) is 0 Å². The van der Waals surface area contributed by atoms with E-state index in [2.05, 4.69) is 21.8 Å². The van der Waals surface area contributed by atoms with Gasteiger partial charge in [0.15, 0.2) is 11.6 Å². The molecule has 0 spiro atoms. The molecule has 1 saturated carbocycles. The van der Waals surface area contributed by atoms with Gasteiger partial charge < -0.3 is 30.3 Å². The first-order valence-electron chi connectivity index (χ1n) is 26.8. The minimum Gasteiger partial charge on any atom is -0.508 e. The molecule has 4 heterocycles. The highest BCUT2D eigenvalue weighted by atomic mass is 32.1. The smallest absolute Gasteiger partial charge is 0.303 e. The van der Waals surface area contributed by atoms with Gasteiger partial charge in [0.2, 0.25) is 0 Å². The van der Waals surface area contributed by atoms with Crippen molar-refractivity contribution in [3.05, 3.63) is 150 Å². The maximum Gasteiger partial charge on any atom is 0.303 e. The first-order valence-corrected chi connectivity index (χ1v) is 27.7. The number of carbonyl (C=O) groups excluding carboxylic acids is 3. The van der Waals surface area contributed by atoms with Crippen LogP contribution in [0.3, 0.4) is 0 Å². The predicted molar refractivity (Wildman–Crippen MR) is 299 cm³/mol. The highest BCUT2D eigenvalue weighted by Crippen LogP contribution is 2.42. The van der Waals surface area contributed by atoms with Gasteiger partial charge in [-0.3, -0.25) is 34.0 Å². The molecule has 0 bridgehead atoms. The Morgan fingerprint density at radius 2 is 1.53 bits per heavy atom. The van der Waals surface area contributed by atoms with Crippen LogP contribution in [0.15, 0.2) is 128 Å². The summed E-state index contributed by atoms with van der Waals surface area (Å²) in [6.45, 7) is 9.77. The van der Waals surface area contributed by atoms with Gasteiger partial charge in [-0.15, -0.1) is 11.3 Å². The fraction of sp³-hybridized carbons (Fsp3) is 0.419. The van der Waals surface area contributed by atoms with Gasteiger partial charge in [-0.1, -0.05) is 70.1 Å². The molecule has 4 atom stereocenters. The maximum absolute atomic E-state index is 13.6. The molecule has 0 amide bonds. The number of Topliss-reactive ketones (excluding diaryl/α,β-unsaturated/α-hetero) is 2. The molecule has 1 saturated heterocycles. The van der Waals surface area contributed by atoms with E-state index in [4.69, 9.17) is 9.84 Å². The number of aromatic nitrogens is 2. The number of thiophene rings is 1. The van der Waals surface area contributed by atoms with Crippen molar-refractivity contribution in [1.29, 1.82) is 0 Å². The zero-order valence-electron chi connectivity index (χ0n) is 44.2. The predicted octanol–water partition coefficient (Wildman–Crippen LogP) is 12.2. The fourth-order valence-electron chi connectivity index (χ4n) is 9.71. The summed E-state index contributed by atoms with van der Waals surface area (Å²) in [5.41, 5.74) is 2.98. The van der Waals surface area contributed by atoms with Crippen LogP contribution in [0, 0.1) is 11.8 Å². The number of phenols is 2. The molecule has 3 aromatic heterocycles. The van der Waals surface area contributed by atoms with Gasteiger partial charge in [-0.2, -0.15) is 0 Å². The van der Waals surface area contributed by atoms with Gasteiger partial charge in [0.05, 0.1) is 17.6 Å². The van der Waals surface area contributed by atoms with Crippen LogP contribution in [-0.4, -0.2) is 102 Å². The van der Waals surface area contributed by atoms with Crippen molar-refractivity contribution in [1.82, 2.24) is 14.9 Å². The number of fused-ring (bicyclic) bond motifs is 1. The highest BCUT2D eigenvalue weighted by molar-refractivity contribution is 7.22. The number of unbranched alkanes of at least 4 members (excludes halogenated alkanes) is 5. The SMILES string of the molecule is CC(C)(C(=O)c1cccnc1)c1cccnc1.CCCCC[C@H](O)/C=C/[C@H]1[C@H](O)CC(=O)[C@@H]1CCCCCCC(=O)O.O=C(c1ccc(OCCN2CCCCC2)cc1)c1c(-c2ccc(O)cc2)sc2cc(O)ccc12. The molecule has 5 N–H and O–H groups in total. The number of hydrogen-bond acceptors (Lipinski definition) is 13. The Kier molecular flexibility index (Phi) is 22.9. The molecule has 1 aliphatic heterocycles. The number of phenolic OH excluding ortho intramolecular Hbond substituents is 2.